The minimum absolute atomic E-state index is 0.129. The zero-order valence-corrected chi connectivity index (χ0v) is 11.8. The molecule has 0 unspecified atom stereocenters. The van der Waals surface area contributed by atoms with Crippen molar-refractivity contribution in [1.29, 1.82) is 0 Å². The van der Waals surface area contributed by atoms with Gasteiger partial charge in [0.2, 0.25) is 0 Å². The Morgan fingerprint density at radius 1 is 1.17 bits per heavy atom. The summed E-state index contributed by atoms with van der Waals surface area (Å²) in [7, 11) is 0. The molecular formula is C15H23NO2. The van der Waals surface area contributed by atoms with Crippen LogP contribution in [0.2, 0.25) is 0 Å². The molecule has 0 amide bonds. The van der Waals surface area contributed by atoms with Gasteiger partial charge in [-0.3, -0.25) is 4.79 Å². The summed E-state index contributed by atoms with van der Waals surface area (Å²) in [6.45, 7) is 10.5. The Bertz CT molecular complexity index is 397. The fraction of sp³-hybridized carbons (Fsp3) is 0.533. The van der Waals surface area contributed by atoms with Gasteiger partial charge in [0.15, 0.2) is 5.78 Å². The molecule has 0 saturated carbocycles. The van der Waals surface area contributed by atoms with Gasteiger partial charge < -0.3 is 9.64 Å². The van der Waals surface area contributed by atoms with Crippen molar-refractivity contribution in [2.75, 3.05) is 24.6 Å². The Balaban J connectivity index is 3.13. The minimum Gasteiger partial charge on any atom is -0.493 e. The average molecular weight is 249 g/mol. The molecule has 3 nitrogen and oxygen atoms in total. The maximum atomic E-state index is 11.8. The molecule has 0 fully saturated rings. The van der Waals surface area contributed by atoms with Crippen LogP contribution in [0.3, 0.4) is 0 Å². The fourth-order valence-corrected chi connectivity index (χ4v) is 1.99. The first-order chi connectivity index (χ1) is 8.67. The smallest absolute Gasteiger partial charge is 0.166 e. The highest BCUT2D eigenvalue weighted by atomic mass is 16.5. The van der Waals surface area contributed by atoms with Crippen molar-refractivity contribution in [2.45, 2.75) is 34.1 Å². The van der Waals surface area contributed by atoms with E-state index in [1.807, 2.05) is 32.0 Å². The molecule has 0 aliphatic carbocycles. The van der Waals surface area contributed by atoms with Crippen molar-refractivity contribution >= 4 is 11.5 Å². The van der Waals surface area contributed by atoms with E-state index in [1.165, 1.54) is 0 Å². The first kappa shape index (κ1) is 14.6. The first-order valence-corrected chi connectivity index (χ1v) is 6.72. The van der Waals surface area contributed by atoms with E-state index in [1.54, 1.807) is 0 Å². The molecule has 0 aliphatic heterocycles. The van der Waals surface area contributed by atoms with Gasteiger partial charge in [-0.1, -0.05) is 6.92 Å². The van der Waals surface area contributed by atoms with Crippen LogP contribution in [0.5, 0.6) is 5.75 Å². The summed E-state index contributed by atoms with van der Waals surface area (Å²) in [5.41, 5.74) is 1.80. The SMILES string of the molecule is CCOc1cc(N(CC)CC)ccc1C(=O)CC. The number of hydrogen-bond acceptors (Lipinski definition) is 3. The lowest BCUT2D eigenvalue weighted by Gasteiger charge is -2.22. The second-order valence-electron chi connectivity index (χ2n) is 4.06. The van der Waals surface area contributed by atoms with E-state index < -0.39 is 0 Å². The fourth-order valence-electron chi connectivity index (χ4n) is 1.99. The van der Waals surface area contributed by atoms with Gasteiger partial charge in [0.25, 0.3) is 0 Å². The van der Waals surface area contributed by atoms with Gasteiger partial charge in [0, 0.05) is 31.3 Å². The summed E-state index contributed by atoms with van der Waals surface area (Å²) in [6, 6.07) is 5.85. The molecular weight excluding hydrogens is 226 g/mol. The molecule has 0 heterocycles. The zero-order chi connectivity index (χ0) is 13.5. The maximum absolute atomic E-state index is 11.8. The second-order valence-corrected chi connectivity index (χ2v) is 4.06. The van der Waals surface area contributed by atoms with Crippen molar-refractivity contribution in [2.24, 2.45) is 0 Å². The molecule has 1 aromatic carbocycles. The maximum Gasteiger partial charge on any atom is 0.166 e. The molecule has 100 valence electrons. The van der Waals surface area contributed by atoms with Crippen LogP contribution >= 0.6 is 0 Å². The van der Waals surface area contributed by atoms with Crippen LogP contribution in [0, 0.1) is 0 Å². The van der Waals surface area contributed by atoms with Gasteiger partial charge in [-0.25, -0.2) is 0 Å². The molecule has 1 aromatic rings. The molecule has 0 N–H and O–H groups in total. The summed E-state index contributed by atoms with van der Waals surface area (Å²) in [4.78, 5) is 14.1. The van der Waals surface area contributed by atoms with Gasteiger partial charge in [0.1, 0.15) is 5.75 Å². The van der Waals surface area contributed by atoms with Gasteiger partial charge in [-0.05, 0) is 32.9 Å². The van der Waals surface area contributed by atoms with Crippen LogP contribution in [0.1, 0.15) is 44.5 Å². The summed E-state index contributed by atoms with van der Waals surface area (Å²) in [5, 5.41) is 0. The van der Waals surface area contributed by atoms with E-state index in [4.69, 9.17) is 4.74 Å². The number of carbonyl (C=O) groups excluding carboxylic acids is 1. The summed E-state index contributed by atoms with van der Waals surface area (Å²) in [6.07, 6.45) is 0.505. The molecule has 1 rings (SSSR count). The molecule has 0 spiro atoms. The summed E-state index contributed by atoms with van der Waals surface area (Å²) in [5.74, 6) is 0.832. The minimum atomic E-state index is 0.129. The quantitative estimate of drug-likeness (QED) is 0.692. The molecule has 18 heavy (non-hydrogen) atoms. The Labute approximate surface area is 110 Å². The van der Waals surface area contributed by atoms with Gasteiger partial charge in [-0.15, -0.1) is 0 Å². The van der Waals surface area contributed by atoms with Crippen molar-refractivity contribution in [3.8, 4) is 5.75 Å². The summed E-state index contributed by atoms with van der Waals surface area (Å²) < 4.78 is 5.59. The van der Waals surface area contributed by atoms with Crippen LogP contribution in [0.4, 0.5) is 5.69 Å². The number of hydrogen-bond donors (Lipinski definition) is 0. The molecule has 0 aromatic heterocycles. The Hall–Kier alpha value is -1.51. The van der Waals surface area contributed by atoms with E-state index in [0.29, 0.717) is 24.3 Å². The molecule has 3 heteroatoms. The number of anilines is 1. The third-order valence-corrected chi connectivity index (χ3v) is 3.02. The highest BCUT2D eigenvalue weighted by molar-refractivity contribution is 5.99. The number of ketones is 1. The number of Topliss-reactive ketones (excluding diaryl/α,β-unsaturated/α-hetero) is 1. The number of carbonyl (C=O) groups is 1. The highest BCUT2D eigenvalue weighted by Gasteiger charge is 2.13. The van der Waals surface area contributed by atoms with Gasteiger partial charge in [0.05, 0.1) is 12.2 Å². The monoisotopic (exact) mass is 249 g/mol. The normalized spacial score (nSPS) is 10.2. The van der Waals surface area contributed by atoms with E-state index in [0.717, 1.165) is 18.8 Å². The van der Waals surface area contributed by atoms with Gasteiger partial charge in [-0.2, -0.15) is 0 Å². The van der Waals surface area contributed by atoms with Crippen molar-refractivity contribution in [3.05, 3.63) is 23.8 Å². The van der Waals surface area contributed by atoms with Crippen LogP contribution in [-0.4, -0.2) is 25.5 Å². The number of ether oxygens (including phenoxy) is 1. The van der Waals surface area contributed by atoms with E-state index in [-0.39, 0.29) is 5.78 Å². The number of nitrogens with zero attached hydrogens (tertiary/aromatic N) is 1. The van der Waals surface area contributed by atoms with Crippen molar-refractivity contribution < 1.29 is 9.53 Å². The Morgan fingerprint density at radius 2 is 1.83 bits per heavy atom. The number of rotatable bonds is 7. The van der Waals surface area contributed by atoms with Crippen LogP contribution < -0.4 is 9.64 Å². The highest BCUT2D eigenvalue weighted by Crippen LogP contribution is 2.27. The third kappa shape index (κ3) is 3.25. The predicted molar refractivity (Wildman–Crippen MR) is 75.8 cm³/mol. The van der Waals surface area contributed by atoms with Crippen molar-refractivity contribution in [1.82, 2.24) is 0 Å². The standard InChI is InChI=1S/C15H23NO2/c1-5-14(17)13-10-9-12(16(6-2)7-3)11-15(13)18-8-4/h9-11H,5-8H2,1-4H3. The Kier molecular flexibility index (Phi) is 5.69. The van der Waals surface area contributed by atoms with Crippen molar-refractivity contribution in [3.63, 3.8) is 0 Å². The molecule has 0 atom stereocenters. The first-order valence-electron chi connectivity index (χ1n) is 6.72. The van der Waals surface area contributed by atoms with E-state index >= 15 is 0 Å². The van der Waals surface area contributed by atoms with E-state index in [9.17, 15) is 4.79 Å². The lowest BCUT2D eigenvalue weighted by atomic mass is 10.1. The largest absolute Gasteiger partial charge is 0.493 e. The third-order valence-electron chi connectivity index (χ3n) is 3.02. The zero-order valence-electron chi connectivity index (χ0n) is 11.8. The number of benzene rings is 1. The van der Waals surface area contributed by atoms with Crippen LogP contribution in [-0.2, 0) is 0 Å². The second kappa shape index (κ2) is 7.04. The van der Waals surface area contributed by atoms with Crippen LogP contribution in [0.15, 0.2) is 18.2 Å². The predicted octanol–water partition coefficient (Wildman–Crippen LogP) is 3.52. The van der Waals surface area contributed by atoms with Gasteiger partial charge >= 0.3 is 0 Å². The summed E-state index contributed by atoms with van der Waals surface area (Å²) >= 11 is 0. The lowest BCUT2D eigenvalue weighted by molar-refractivity contribution is 0.0984. The Morgan fingerprint density at radius 3 is 2.33 bits per heavy atom. The molecule has 0 aliphatic rings. The molecule has 0 bridgehead atoms. The van der Waals surface area contributed by atoms with Crippen LogP contribution in [0.25, 0.3) is 0 Å². The molecule has 0 saturated heterocycles. The van der Waals surface area contributed by atoms with E-state index in [2.05, 4.69) is 18.7 Å². The molecule has 0 radical (unpaired) electrons. The topological polar surface area (TPSA) is 29.5 Å². The lowest BCUT2D eigenvalue weighted by Crippen LogP contribution is -2.22. The average Bonchev–Trinajstić information content (AvgIpc) is 2.40.